The van der Waals surface area contributed by atoms with E-state index in [1.165, 1.54) is 0 Å². The van der Waals surface area contributed by atoms with E-state index < -0.39 is 0 Å². The number of hydrogen-bond donors (Lipinski definition) is 1. The molecule has 1 N–H and O–H groups in total. The van der Waals surface area contributed by atoms with Crippen LogP contribution in [-0.4, -0.2) is 10.9 Å². The number of pyridine rings is 1. The van der Waals surface area contributed by atoms with E-state index in [4.69, 9.17) is 0 Å². The summed E-state index contributed by atoms with van der Waals surface area (Å²) >= 11 is 1.66. The first kappa shape index (κ1) is 16.2. The zero-order valence-electron chi connectivity index (χ0n) is 13.9. The van der Waals surface area contributed by atoms with Crippen molar-refractivity contribution in [2.75, 3.05) is 5.32 Å². The number of carbonyl (C=O) groups is 1. The van der Waals surface area contributed by atoms with E-state index >= 15 is 0 Å². The fraction of sp³-hybridized carbons (Fsp3) is 0. The maximum absolute atomic E-state index is 12.5. The zero-order chi connectivity index (χ0) is 17.8. The van der Waals surface area contributed by atoms with Gasteiger partial charge in [0.05, 0.1) is 0 Å². The highest BCUT2D eigenvalue weighted by molar-refractivity contribution is 7.08. The molecule has 3 nitrogen and oxygen atoms in total. The minimum absolute atomic E-state index is 0.120. The molecular weight excluding hydrogens is 340 g/mol. The second-order valence-corrected chi connectivity index (χ2v) is 6.65. The van der Waals surface area contributed by atoms with E-state index in [9.17, 15) is 4.79 Å². The fourth-order valence-electron chi connectivity index (χ4n) is 2.76. The predicted molar refractivity (Wildman–Crippen MR) is 107 cm³/mol. The normalized spacial score (nSPS) is 10.5. The van der Waals surface area contributed by atoms with Gasteiger partial charge >= 0.3 is 0 Å². The molecule has 0 fully saturated rings. The van der Waals surface area contributed by atoms with Gasteiger partial charge in [-0.1, -0.05) is 30.3 Å². The van der Waals surface area contributed by atoms with E-state index in [-0.39, 0.29) is 5.91 Å². The molecule has 4 aromatic rings. The summed E-state index contributed by atoms with van der Waals surface area (Å²) in [6, 6.07) is 21.4. The highest BCUT2D eigenvalue weighted by Crippen LogP contribution is 2.25. The molecule has 4 rings (SSSR count). The molecule has 0 bridgehead atoms. The van der Waals surface area contributed by atoms with Crippen LogP contribution in [0.3, 0.4) is 0 Å². The van der Waals surface area contributed by atoms with Crippen LogP contribution >= 0.6 is 11.3 Å². The second kappa shape index (κ2) is 7.33. The highest BCUT2D eigenvalue weighted by atomic mass is 32.1. The summed E-state index contributed by atoms with van der Waals surface area (Å²) in [5, 5.41) is 7.11. The lowest BCUT2D eigenvalue weighted by Crippen LogP contribution is -2.11. The number of nitrogens with zero attached hydrogens (tertiary/aromatic N) is 1. The molecule has 0 radical (unpaired) electrons. The van der Waals surface area contributed by atoms with Gasteiger partial charge in [-0.3, -0.25) is 9.78 Å². The van der Waals surface area contributed by atoms with Crippen molar-refractivity contribution in [3.63, 3.8) is 0 Å². The van der Waals surface area contributed by atoms with Gasteiger partial charge in [-0.25, -0.2) is 0 Å². The maximum Gasteiger partial charge on any atom is 0.255 e. The van der Waals surface area contributed by atoms with Crippen molar-refractivity contribution >= 4 is 22.9 Å². The fourth-order valence-corrected chi connectivity index (χ4v) is 3.42. The zero-order valence-corrected chi connectivity index (χ0v) is 14.7. The Morgan fingerprint density at radius 1 is 0.846 bits per heavy atom. The van der Waals surface area contributed by atoms with Crippen molar-refractivity contribution in [2.24, 2.45) is 0 Å². The van der Waals surface area contributed by atoms with E-state index in [2.05, 4.69) is 21.7 Å². The molecule has 0 aliphatic carbocycles. The number of thiophene rings is 1. The molecule has 1 amide bonds. The highest BCUT2D eigenvalue weighted by Gasteiger charge is 2.08. The number of carbonyl (C=O) groups excluding carboxylic acids is 1. The Labute approximate surface area is 156 Å². The standard InChI is InChI=1S/C22H16N2OS/c25-22(17-8-6-16(7-9-17)19-4-2-11-23-14-19)24-21-5-1-3-18(13-21)20-10-12-26-15-20/h1-15H,(H,24,25). The number of benzene rings is 2. The third-order valence-corrected chi connectivity index (χ3v) is 4.80. The van der Waals surface area contributed by atoms with Crippen LogP contribution in [0.2, 0.25) is 0 Å². The number of nitrogens with one attached hydrogen (secondary N) is 1. The summed E-state index contributed by atoms with van der Waals surface area (Å²) in [4.78, 5) is 16.7. The molecule has 2 heterocycles. The maximum atomic E-state index is 12.5. The molecule has 0 atom stereocenters. The molecule has 0 unspecified atom stereocenters. The number of aromatic nitrogens is 1. The van der Waals surface area contributed by atoms with Crippen molar-refractivity contribution in [3.8, 4) is 22.3 Å². The van der Waals surface area contributed by atoms with E-state index in [1.807, 2.05) is 72.2 Å². The summed E-state index contributed by atoms with van der Waals surface area (Å²) in [6.07, 6.45) is 3.56. The lowest BCUT2D eigenvalue weighted by Gasteiger charge is -2.08. The van der Waals surface area contributed by atoms with Gasteiger partial charge in [0.15, 0.2) is 0 Å². The van der Waals surface area contributed by atoms with Gasteiger partial charge in [0.1, 0.15) is 0 Å². The van der Waals surface area contributed by atoms with Gasteiger partial charge in [-0.05, 0) is 69.4 Å². The van der Waals surface area contributed by atoms with Gasteiger partial charge in [0.25, 0.3) is 5.91 Å². The number of hydrogen-bond acceptors (Lipinski definition) is 3. The van der Waals surface area contributed by atoms with Crippen LogP contribution in [-0.2, 0) is 0 Å². The molecule has 0 saturated carbocycles. The molecule has 0 spiro atoms. The number of rotatable bonds is 4. The van der Waals surface area contributed by atoms with Crippen LogP contribution < -0.4 is 5.32 Å². The third-order valence-electron chi connectivity index (χ3n) is 4.12. The molecule has 0 aliphatic heterocycles. The summed E-state index contributed by atoms with van der Waals surface area (Å²) in [5.41, 5.74) is 5.73. The smallest absolute Gasteiger partial charge is 0.255 e. The average Bonchev–Trinajstić information content (AvgIpc) is 3.24. The Morgan fingerprint density at radius 3 is 2.42 bits per heavy atom. The minimum Gasteiger partial charge on any atom is -0.322 e. The average molecular weight is 356 g/mol. The van der Waals surface area contributed by atoms with Gasteiger partial charge in [0.2, 0.25) is 0 Å². The first-order valence-corrected chi connectivity index (χ1v) is 9.18. The van der Waals surface area contributed by atoms with E-state index in [0.29, 0.717) is 5.56 Å². The summed E-state index contributed by atoms with van der Waals surface area (Å²) in [6.45, 7) is 0. The van der Waals surface area contributed by atoms with Crippen LogP contribution in [0.25, 0.3) is 22.3 Å². The van der Waals surface area contributed by atoms with E-state index in [1.54, 1.807) is 17.5 Å². The van der Waals surface area contributed by atoms with Crippen LogP contribution in [0.15, 0.2) is 89.9 Å². The minimum atomic E-state index is -0.120. The number of anilines is 1. The molecule has 2 aromatic heterocycles. The largest absolute Gasteiger partial charge is 0.322 e. The Bertz CT molecular complexity index is 1010. The molecule has 2 aromatic carbocycles. The molecule has 126 valence electrons. The molecule has 26 heavy (non-hydrogen) atoms. The van der Waals surface area contributed by atoms with Gasteiger partial charge in [0, 0.05) is 23.6 Å². The van der Waals surface area contributed by atoms with Crippen molar-refractivity contribution in [1.29, 1.82) is 0 Å². The third kappa shape index (κ3) is 3.55. The topological polar surface area (TPSA) is 42.0 Å². The van der Waals surface area contributed by atoms with Crippen LogP contribution in [0.4, 0.5) is 5.69 Å². The van der Waals surface area contributed by atoms with Crippen molar-refractivity contribution < 1.29 is 4.79 Å². The summed E-state index contributed by atoms with van der Waals surface area (Å²) in [7, 11) is 0. The summed E-state index contributed by atoms with van der Waals surface area (Å²) in [5.74, 6) is -0.120. The Hall–Kier alpha value is -3.24. The molecule has 0 saturated heterocycles. The Balaban J connectivity index is 1.51. The van der Waals surface area contributed by atoms with E-state index in [0.717, 1.165) is 27.9 Å². The first-order valence-electron chi connectivity index (χ1n) is 8.24. The quantitative estimate of drug-likeness (QED) is 0.507. The van der Waals surface area contributed by atoms with Gasteiger partial charge in [-0.15, -0.1) is 0 Å². The molecule has 0 aliphatic rings. The van der Waals surface area contributed by atoms with Crippen LogP contribution in [0.5, 0.6) is 0 Å². The summed E-state index contributed by atoms with van der Waals surface area (Å²) < 4.78 is 0. The first-order chi connectivity index (χ1) is 12.8. The van der Waals surface area contributed by atoms with Crippen LogP contribution in [0, 0.1) is 0 Å². The lowest BCUT2D eigenvalue weighted by molar-refractivity contribution is 0.102. The van der Waals surface area contributed by atoms with Crippen LogP contribution in [0.1, 0.15) is 10.4 Å². The van der Waals surface area contributed by atoms with Gasteiger partial charge < -0.3 is 5.32 Å². The second-order valence-electron chi connectivity index (χ2n) is 5.87. The molecule has 4 heteroatoms. The Kier molecular flexibility index (Phi) is 4.58. The number of amides is 1. The Morgan fingerprint density at radius 2 is 1.69 bits per heavy atom. The lowest BCUT2D eigenvalue weighted by atomic mass is 10.1. The predicted octanol–water partition coefficient (Wildman–Crippen LogP) is 5.73. The van der Waals surface area contributed by atoms with Crippen molar-refractivity contribution in [1.82, 2.24) is 4.98 Å². The van der Waals surface area contributed by atoms with Crippen molar-refractivity contribution in [2.45, 2.75) is 0 Å². The SMILES string of the molecule is O=C(Nc1cccc(-c2ccsc2)c1)c1ccc(-c2cccnc2)cc1. The molecular formula is C22H16N2OS. The monoisotopic (exact) mass is 356 g/mol. The van der Waals surface area contributed by atoms with Gasteiger partial charge in [-0.2, -0.15) is 11.3 Å². The van der Waals surface area contributed by atoms with Crippen molar-refractivity contribution in [3.05, 3.63) is 95.4 Å².